The van der Waals surface area contributed by atoms with Crippen LogP contribution in [0.3, 0.4) is 0 Å². The number of aromatic hydroxyl groups is 1. The first-order valence-electron chi connectivity index (χ1n) is 6.13. The highest BCUT2D eigenvalue weighted by Crippen LogP contribution is 2.23. The van der Waals surface area contributed by atoms with Crippen LogP contribution in [0.15, 0.2) is 42.5 Å². The van der Waals surface area contributed by atoms with Crippen LogP contribution in [0.25, 0.3) is 0 Å². The maximum absolute atomic E-state index is 11.8. The lowest BCUT2D eigenvalue weighted by Crippen LogP contribution is -2.28. The number of amides is 2. The molecule has 104 valence electrons. The van der Waals surface area contributed by atoms with Crippen molar-refractivity contribution in [3.05, 3.63) is 58.6 Å². The normalized spacial score (nSPS) is 10.1. The first kappa shape index (κ1) is 14.2. The van der Waals surface area contributed by atoms with E-state index in [9.17, 15) is 9.90 Å². The summed E-state index contributed by atoms with van der Waals surface area (Å²) in [6.07, 6.45) is 0. The second-order valence-electron chi connectivity index (χ2n) is 4.45. The summed E-state index contributed by atoms with van der Waals surface area (Å²) in [6.45, 7) is 2.27. The van der Waals surface area contributed by atoms with Crippen LogP contribution in [0.4, 0.5) is 10.5 Å². The van der Waals surface area contributed by atoms with Crippen molar-refractivity contribution >= 4 is 23.3 Å². The Kier molecular flexibility index (Phi) is 4.48. The van der Waals surface area contributed by atoms with Crippen LogP contribution in [0.2, 0.25) is 5.02 Å². The van der Waals surface area contributed by atoms with Crippen LogP contribution in [0, 0.1) is 6.92 Å². The standard InChI is InChI=1S/C15H15ClN2O2/c1-10-2-7-14(19)13(8-10)18-15(20)17-9-11-3-5-12(16)6-4-11/h2-8,19H,9H2,1H3,(H2,17,18,20). The molecule has 0 radical (unpaired) electrons. The highest BCUT2D eigenvalue weighted by atomic mass is 35.5. The molecule has 0 bridgehead atoms. The van der Waals surface area contributed by atoms with Crippen molar-refractivity contribution in [1.82, 2.24) is 5.32 Å². The van der Waals surface area contributed by atoms with Gasteiger partial charge in [-0.2, -0.15) is 0 Å². The van der Waals surface area contributed by atoms with Gasteiger partial charge in [-0.05, 0) is 42.3 Å². The van der Waals surface area contributed by atoms with Gasteiger partial charge in [0.1, 0.15) is 5.75 Å². The van der Waals surface area contributed by atoms with Gasteiger partial charge in [-0.3, -0.25) is 0 Å². The number of nitrogens with one attached hydrogen (secondary N) is 2. The number of carbonyl (C=O) groups excluding carboxylic acids is 1. The lowest BCUT2D eigenvalue weighted by molar-refractivity contribution is 0.251. The van der Waals surface area contributed by atoms with Crippen LogP contribution >= 0.6 is 11.6 Å². The van der Waals surface area contributed by atoms with Crippen molar-refractivity contribution in [2.45, 2.75) is 13.5 Å². The second-order valence-corrected chi connectivity index (χ2v) is 4.89. The van der Waals surface area contributed by atoms with E-state index in [2.05, 4.69) is 10.6 Å². The molecule has 0 aromatic heterocycles. The quantitative estimate of drug-likeness (QED) is 0.755. The van der Waals surface area contributed by atoms with Crippen molar-refractivity contribution in [3.63, 3.8) is 0 Å². The van der Waals surface area contributed by atoms with Gasteiger partial charge in [0.15, 0.2) is 0 Å². The maximum Gasteiger partial charge on any atom is 0.319 e. The third kappa shape index (κ3) is 3.90. The number of urea groups is 1. The number of phenols is 1. The predicted octanol–water partition coefficient (Wildman–Crippen LogP) is 3.68. The number of aryl methyl sites for hydroxylation is 1. The van der Waals surface area contributed by atoms with Crippen molar-refractivity contribution in [2.75, 3.05) is 5.32 Å². The van der Waals surface area contributed by atoms with Gasteiger partial charge in [-0.1, -0.05) is 29.8 Å². The molecule has 0 saturated heterocycles. The minimum atomic E-state index is -0.374. The molecule has 20 heavy (non-hydrogen) atoms. The predicted molar refractivity (Wildman–Crippen MR) is 80.2 cm³/mol. The Labute approximate surface area is 122 Å². The molecule has 0 fully saturated rings. The molecular formula is C15H15ClN2O2. The smallest absolute Gasteiger partial charge is 0.319 e. The molecule has 0 unspecified atom stereocenters. The van der Waals surface area contributed by atoms with Crippen LogP contribution in [0.5, 0.6) is 5.75 Å². The molecule has 0 atom stereocenters. The van der Waals surface area contributed by atoms with Crippen LogP contribution in [-0.2, 0) is 6.54 Å². The molecule has 0 aliphatic carbocycles. The molecule has 2 amide bonds. The van der Waals surface area contributed by atoms with Crippen molar-refractivity contribution < 1.29 is 9.90 Å². The van der Waals surface area contributed by atoms with E-state index >= 15 is 0 Å². The van der Waals surface area contributed by atoms with E-state index in [1.807, 2.05) is 19.1 Å². The van der Waals surface area contributed by atoms with Crippen molar-refractivity contribution in [1.29, 1.82) is 0 Å². The molecule has 0 aliphatic rings. The highest BCUT2D eigenvalue weighted by molar-refractivity contribution is 6.30. The molecular weight excluding hydrogens is 276 g/mol. The van der Waals surface area contributed by atoms with E-state index in [4.69, 9.17) is 11.6 Å². The van der Waals surface area contributed by atoms with E-state index in [0.29, 0.717) is 17.3 Å². The average Bonchev–Trinajstić information content (AvgIpc) is 2.42. The van der Waals surface area contributed by atoms with Gasteiger partial charge in [-0.15, -0.1) is 0 Å². The summed E-state index contributed by atoms with van der Waals surface area (Å²) in [6, 6.07) is 11.9. The number of rotatable bonds is 3. The summed E-state index contributed by atoms with van der Waals surface area (Å²) in [5.74, 6) is 0.0391. The Balaban J connectivity index is 1.92. The van der Waals surface area contributed by atoms with Crippen molar-refractivity contribution in [3.8, 4) is 5.75 Å². The van der Waals surface area contributed by atoms with E-state index in [1.54, 1.807) is 30.3 Å². The van der Waals surface area contributed by atoms with Crippen LogP contribution < -0.4 is 10.6 Å². The minimum Gasteiger partial charge on any atom is -0.506 e. The number of hydrogen-bond donors (Lipinski definition) is 3. The Bertz CT molecular complexity index is 612. The summed E-state index contributed by atoms with van der Waals surface area (Å²) in [5.41, 5.74) is 2.28. The molecule has 2 aromatic rings. The number of benzene rings is 2. The molecule has 3 N–H and O–H groups in total. The highest BCUT2D eigenvalue weighted by Gasteiger charge is 2.06. The molecule has 2 rings (SSSR count). The van der Waals surface area contributed by atoms with E-state index in [1.165, 1.54) is 0 Å². The number of hydrogen-bond acceptors (Lipinski definition) is 2. The molecule has 0 heterocycles. The summed E-state index contributed by atoms with van der Waals surface area (Å²) >= 11 is 5.79. The Morgan fingerprint density at radius 2 is 1.90 bits per heavy atom. The summed E-state index contributed by atoms with van der Waals surface area (Å²) in [5, 5.41) is 15.6. The van der Waals surface area contributed by atoms with Gasteiger partial charge in [0.2, 0.25) is 0 Å². The average molecular weight is 291 g/mol. The van der Waals surface area contributed by atoms with Crippen molar-refractivity contribution in [2.24, 2.45) is 0 Å². The van der Waals surface area contributed by atoms with Gasteiger partial charge in [0, 0.05) is 11.6 Å². The number of carbonyl (C=O) groups is 1. The molecule has 0 aliphatic heterocycles. The Morgan fingerprint density at radius 3 is 2.60 bits per heavy atom. The van der Waals surface area contributed by atoms with E-state index in [-0.39, 0.29) is 11.8 Å². The number of phenolic OH excluding ortho intramolecular Hbond substituents is 1. The van der Waals surface area contributed by atoms with Gasteiger partial charge in [0.25, 0.3) is 0 Å². The fourth-order valence-corrected chi connectivity index (χ4v) is 1.83. The topological polar surface area (TPSA) is 61.4 Å². The molecule has 4 nitrogen and oxygen atoms in total. The molecule has 2 aromatic carbocycles. The van der Waals surface area contributed by atoms with Gasteiger partial charge in [-0.25, -0.2) is 4.79 Å². The zero-order valence-corrected chi connectivity index (χ0v) is 11.7. The fraction of sp³-hybridized carbons (Fsp3) is 0.133. The first-order valence-corrected chi connectivity index (χ1v) is 6.51. The Morgan fingerprint density at radius 1 is 1.20 bits per heavy atom. The van der Waals surface area contributed by atoms with Gasteiger partial charge < -0.3 is 15.7 Å². The largest absolute Gasteiger partial charge is 0.506 e. The third-order valence-corrected chi connectivity index (χ3v) is 3.02. The van der Waals surface area contributed by atoms with Crippen LogP contribution in [-0.4, -0.2) is 11.1 Å². The first-order chi connectivity index (χ1) is 9.54. The van der Waals surface area contributed by atoms with Gasteiger partial charge >= 0.3 is 6.03 Å². The van der Waals surface area contributed by atoms with E-state index in [0.717, 1.165) is 11.1 Å². The molecule has 0 saturated carbocycles. The lowest BCUT2D eigenvalue weighted by Gasteiger charge is -2.10. The monoisotopic (exact) mass is 290 g/mol. The third-order valence-electron chi connectivity index (χ3n) is 2.77. The maximum atomic E-state index is 11.8. The van der Waals surface area contributed by atoms with Crippen LogP contribution in [0.1, 0.15) is 11.1 Å². The fourth-order valence-electron chi connectivity index (χ4n) is 1.70. The summed E-state index contributed by atoms with van der Waals surface area (Å²) in [4.78, 5) is 11.8. The lowest BCUT2D eigenvalue weighted by atomic mass is 10.2. The zero-order chi connectivity index (χ0) is 14.5. The Hall–Kier alpha value is -2.20. The second kappa shape index (κ2) is 6.30. The zero-order valence-electron chi connectivity index (χ0n) is 11.0. The van der Waals surface area contributed by atoms with E-state index < -0.39 is 0 Å². The number of halogens is 1. The number of anilines is 1. The molecule has 5 heteroatoms. The SMILES string of the molecule is Cc1ccc(O)c(NC(=O)NCc2ccc(Cl)cc2)c1. The molecule has 0 spiro atoms. The summed E-state index contributed by atoms with van der Waals surface area (Å²) in [7, 11) is 0. The van der Waals surface area contributed by atoms with Gasteiger partial charge in [0.05, 0.1) is 5.69 Å². The summed E-state index contributed by atoms with van der Waals surface area (Å²) < 4.78 is 0. The minimum absolute atomic E-state index is 0.0391.